The zero-order valence-electron chi connectivity index (χ0n) is 27.2. The van der Waals surface area contributed by atoms with Gasteiger partial charge in [0.25, 0.3) is 0 Å². The number of nitrogens with one attached hydrogen (secondary N) is 1. The first-order valence-electron chi connectivity index (χ1n) is 16.9. The number of benzene rings is 3. The molecule has 0 unspecified atom stereocenters. The van der Waals surface area contributed by atoms with Gasteiger partial charge in [-0.3, -0.25) is 23.6 Å². The van der Waals surface area contributed by atoms with Gasteiger partial charge in [-0.1, -0.05) is 72.8 Å². The summed E-state index contributed by atoms with van der Waals surface area (Å²) < 4.78 is 1.81. The number of fused-ring (bicyclic) bond motifs is 1. The quantitative estimate of drug-likeness (QED) is 0.229. The molecule has 3 aromatic carbocycles. The maximum atomic E-state index is 13.4. The van der Waals surface area contributed by atoms with Crippen molar-refractivity contribution in [2.45, 2.75) is 57.0 Å². The predicted molar refractivity (Wildman–Crippen MR) is 186 cm³/mol. The minimum Gasteiger partial charge on any atom is -0.332 e. The van der Waals surface area contributed by atoms with E-state index in [0.29, 0.717) is 49.5 Å². The summed E-state index contributed by atoms with van der Waals surface area (Å²) >= 11 is 0. The Morgan fingerprint density at radius 1 is 0.673 bits per heavy atom. The Labute approximate surface area is 284 Å². The molecule has 4 heterocycles. The summed E-state index contributed by atoms with van der Waals surface area (Å²) in [6, 6.07) is 25.7. The van der Waals surface area contributed by atoms with E-state index in [-0.39, 0.29) is 36.3 Å². The van der Waals surface area contributed by atoms with E-state index in [9.17, 15) is 19.2 Å². The normalized spacial score (nSPS) is 17.4. The third-order valence-corrected chi connectivity index (χ3v) is 9.41. The molecule has 0 bridgehead atoms. The molecule has 2 aliphatic rings. The highest BCUT2D eigenvalue weighted by molar-refractivity contribution is 5.98. The first-order chi connectivity index (χ1) is 23.9. The maximum Gasteiger partial charge on any atom is 0.247 e. The van der Waals surface area contributed by atoms with Crippen molar-refractivity contribution in [2.75, 3.05) is 18.4 Å². The fourth-order valence-corrected chi connectivity index (χ4v) is 6.91. The number of carbonyl (C=O) groups excluding carboxylic acids is 4. The smallest absolute Gasteiger partial charge is 0.247 e. The van der Waals surface area contributed by atoms with E-state index in [0.717, 1.165) is 35.1 Å². The number of hydrogen-bond acceptors (Lipinski definition) is 6. The van der Waals surface area contributed by atoms with Crippen LogP contribution in [0.5, 0.6) is 0 Å². The van der Waals surface area contributed by atoms with Crippen molar-refractivity contribution in [2.24, 2.45) is 0 Å². The summed E-state index contributed by atoms with van der Waals surface area (Å²) in [6.07, 6.45) is 9.07. The van der Waals surface area contributed by atoms with E-state index < -0.39 is 12.1 Å². The Kier molecular flexibility index (Phi) is 9.27. The van der Waals surface area contributed by atoms with Crippen LogP contribution in [0.1, 0.15) is 42.4 Å². The van der Waals surface area contributed by atoms with E-state index in [2.05, 4.69) is 15.3 Å². The highest BCUT2D eigenvalue weighted by Crippen LogP contribution is 2.25. The summed E-state index contributed by atoms with van der Waals surface area (Å²) in [5.74, 6) is 0.272. The van der Waals surface area contributed by atoms with Crippen molar-refractivity contribution in [1.29, 1.82) is 0 Å². The molecule has 0 saturated carbocycles. The van der Waals surface area contributed by atoms with Crippen LogP contribution in [0.3, 0.4) is 0 Å². The van der Waals surface area contributed by atoms with Crippen LogP contribution in [0, 0.1) is 0 Å². The number of carbonyl (C=O) groups is 4. The van der Waals surface area contributed by atoms with E-state index in [1.165, 1.54) is 0 Å². The third-order valence-electron chi connectivity index (χ3n) is 9.41. The standard InChI is InChI=1S/C39H38N6O4/c46-35(33-13-7-19-44(33)36(47)22-27-9-3-1-4-10-27)21-29-24-40-39-42-32(26-43(39)25-29)30-15-17-31(18-16-30)41-38(49)34-14-8-20-45(34)37(48)23-28-11-5-2-6-12-28/h1-6,9-12,15-18,24-26,33-34H,7-8,13-14,19-23H2,(H,41,49)/t33-,34-/m0/s1. The molecule has 2 aromatic heterocycles. The molecule has 2 saturated heterocycles. The topological polar surface area (TPSA) is 117 Å². The van der Waals surface area contributed by atoms with Crippen molar-refractivity contribution in [3.8, 4) is 11.3 Å². The summed E-state index contributed by atoms with van der Waals surface area (Å²) in [7, 11) is 0. The summed E-state index contributed by atoms with van der Waals surface area (Å²) in [5.41, 5.74) is 4.83. The van der Waals surface area contributed by atoms with Crippen LogP contribution in [0.4, 0.5) is 5.69 Å². The van der Waals surface area contributed by atoms with Gasteiger partial charge in [0, 0.05) is 49.4 Å². The molecule has 2 atom stereocenters. The third kappa shape index (κ3) is 7.28. The SMILES string of the molecule is O=C(Cc1cnc2nc(-c3ccc(NC(=O)[C@@H]4CCCN4C(=O)Cc4ccccc4)cc3)cn2c1)[C@@H]1CCCN1C(=O)Cc1ccccc1. The lowest BCUT2D eigenvalue weighted by molar-refractivity contribution is -0.136. The summed E-state index contributed by atoms with van der Waals surface area (Å²) in [5, 5.41) is 2.98. The van der Waals surface area contributed by atoms with Crippen molar-refractivity contribution >= 4 is 35.0 Å². The van der Waals surface area contributed by atoms with Crippen molar-refractivity contribution in [3.63, 3.8) is 0 Å². The number of rotatable bonds is 10. The van der Waals surface area contributed by atoms with Gasteiger partial charge in [0.05, 0.1) is 24.6 Å². The van der Waals surface area contributed by atoms with Crippen LogP contribution in [-0.2, 0) is 38.4 Å². The van der Waals surface area contributed by atoms with Gasteiger partial charge in [0.1, 0.15) is 6.04 Å². The molecule has 2 aliphatic heterocycles. The lowest BCUT2D eigenvalue weighted by Gasteiger charge is -2.24. The number of hydrogen-bond donors (Lipinski definition) is 1. The molecule has 7 rings (SSSR count). The van der Waals surface area contributed by atoms with Crippen LogP contribution in [-0.4, -0.2) is 72.8 Å². The van der Waals surface area contributed by atoms with Gasteiger partial charge in [-0.2, -0.15) is 0 Å². The van der Waals surface area contributed by atoms with E-state index in [1.54, 1.807) is 16.0 Å². The minimum absolute atomic E-state index is 0.0133. The fourth-order valence-electron chi connectivity index (χ4n) is 6.91. The number of imidazole rings is 1. The molecular formula is C39H38N6O4. The number of nitrogens with zero attached hydrogens (tertiary/aromatic N) is 5. The van der Waals surface area contributed by atoms with Crippen molar-refractivity contribution < 1.29 is 19.2 Å². The summed E-state index contributed by atoms with van der Waals surface area (Å²) in [6.45, 7) is 1.17. The van der Waals surface area contributed by atoms with Crippen LogP contribution in [0.15, 0.2) is 104 Å². The maximum absolute atomic E-state index is 13.4. The minimum atomic E-state index is -0.493. The van der Waals surface area contributed by atoms with Crippen LogP contribution in [0.25, 0.3) is 17.0 Å². The molecule has 10 heteroatoms. The van der Waals surface area contributed by atoms with Crippen molar-refractivity contribution in [1.82, 2.24) is 24.2 Å². The van der Waals surface area contributed by atoms with Gasteiger partial charge in [-0.15, -0.1) is 0 Å². The molecule has 0 aliphatic carbocycles. The highest BCUT2D eigenvalue weighted by Gasteiger charge is 2.35. The Morgan fingerprint density at radius 2 is 1.27 bits per heavy atom. The Morgan fingerprint density at radius 3 is 1.90 bits per heavy atom. The van der Waals surface area contributed by atoms with E-state index in [4.69, 9.17) is 0 Å². The second-order valence-electron chi connectivity index (χ2n) is 12.8. The van der Waals surface area contributed by atoms with Crippen LogP contribution < -0.4 is 5.32 Å². The molecule has 1 N–H and O–H groups in total. The number of Topliss-reactive ketones (excluding diaryl/α,β-unsaturated/α-hetero) is 1. The number of amides is 3. The zero-order valence-corrected chi connectivity index (χ0v) is 27.2. The Bertz CT molecular complexity index is 1980. The van der Waals surface area contributed by atoms with Gasteiger partial charge < -0.3 is 15.1 Å². The van der Waals surface area contributed by atoms with E-state index >= 15 is 0 Å². The Hall–Kier alpha value is -5.64. The fraction of sp³-hybridized carbons (Fsp3) is 0.282. The average Bonchev–Trinajstić information content (AvgIpc) is 3.90. The molecule has 3 amide bonds. The van der Waals surface area contributed by atoms with Gasteiger partial charge >= 0.3 is 0 Å². The predicted octanol–water partition coefficient (Wildman–Crippen LogP) is 4.91. The lowest BCUT2D eigenvalue weighted by Crippen LogP contribution is -2.43. The summed E-state index contributed by atoms with van der Waals surface area (Å²) in [4.78, 5) is 65.2. The molecule has 49 heavy (non-hydrogen) atoms. The number of ketones is 1. The first kappa shape index (κ1) is 31.9. The van der Waals surface area contributed by atoms with Gasteiger partial charge in [-0.05, 0) is 54.5 Å². The largest absolute Gasteiger partial charge is 0.332 e. The molecule has 10 nitrogen and oxygen atoms in total. The second kappa shape index (κ2) is 14.2. The second-order valence-corrected chi connectivity index (χ2v) is 12.8. The van der Waals surface area contributed by atoms with E-state index in [1.807, 2.05) is 102 Å². The molecule has 248 valence electrons. The van der Waals surface area contributed by atoms with Gasteiger partial charge in [-0.25, -0.2) is 9.97 Å². The molecule has 0 spiro atoms. The molecule has 0 radical (unpaired) electrons. The highest BCUT2D eigenvalue weighted by atomic mass is 16.2. The van der Waals surface area contributed by atoms with Gasteiger partial charge in [0.15, 0.2) is 5.78 Å². The molecule has 5 aromatic rings. The van der Waals surface area contributed by atoms with Crippen LogP contribution >= 0.6 is 0 Å². The monoisotopic (exact) mass is 654 g/mol. The average molecular weight is 655 g/mol. The first-order valence-corrected chi connectivity index (χ1v) is 16.9. The Balaban J connectivity index is 0.967. The van der Waals surface area contributed by atoms with Crippen LogP contribution in [0.2, 0.25) is 0 Å². The molecular weight excluding hydrogens is 616 g/mol. The zero-order chi connectivity index (χ0) is 33.7. The van der Waals surface area contributed by atoms with Crippen molar-refractivity contribution in [3.05, 3.63) is 120 Å². The number of anilines is 1. The number of likely N-dealkylation sites (tertiary alicyclic amines) is 2. The van der Waals surface area contributed by atoms with Gasteiger partial charge in [0.2, 0.25) is 23.5 Å². The molecule has 2 fully saturated rings. The lowest BCUT2D eigenvalue weighted by atomic mass is 10.0. The number of aromatic nitrogens is 3.